The van der Waals surface area contributed by atoms with E-state index in [1.54, 1.807) is 18.5 Å². The Morgan fingerprint density at radius 3 is 2.37 bits per heavy atom. The second-order valence-corrected chi connectivity index (χ2v) is 5.07. The van der Waals surface area contributed by atoms with Crippen molar-refractivity contribution in [3.63, 3.8) is 0 Å². The number of carbonyl (C=O) groups excluding carboxylic acids is 1. The van der Waals surface area contributed by atoms with Gasteiger partial charge >= 0.3 is 0 Å². The third-order valence-electron chi connectivity index (χ3n) is 2.89. The van der Waals surface area contributed by atoms with Crippen molar-refractivity contribution in [1.29, 1.82) is 0 Å². The van der Waals surface area contributed by atoms with Gasteiger partial charge in [0.15, 0.2) is 0 Å². The van der Waals surface area contributed by atoms with Crippen molar-refractivity contribution in [1.82, 2.24) is 9.97 Å². The summed E-state index contributed by atoms with van der Waals surface area (Å²) in [5.74, 6) is 0.260. The van der Waals surface area contributed by atoms with Crippen LogP contribution in [-0.4, -0.2) is 15.9 Å². The van der Waals surface area contributed by atoms with Crippen molar-refractivity contribution in [2.75, 3.05) is 5.32 Å². The van der Waals surface area contributed by atoms with Gasteiger partial charge in [0.2, 0.25) is 11.9 Å². The van der Waals surface area contributed by atoms with E-state index in [1.807, 2.05) is 44.2 Å². The molecule has 0 saturated carbocycles. The molecule has 19 heavy (non-hydrogen) atoms. The topological polar surface area (TPSA) is 54.9 Å². The van der Waals surface area contributed by atoms with Gasteiger partial charge in [-0.05, 0) is 18.1 Å². The summed E-state index contributed by atoms with van der Waals surface area (Å²) in [6.45, 7) is 3.83. The second kappa shape index (κ2) is 5.61. The molecule has 0 unspecified atom stereocenters. The Kier molecular flexibility index (Phi) is 3.90. The summed E-state index contributed by atoms with van der Waals surface area (Å²) in [5, 5.41) is 2.74. The molecule has 2 rings (SSSR count). The highest BCUT2D eigenvalue weighted by Crippen LogP contribution is 2.23. The smallest absolute Gasteiger partial charge is 0.232 e. The van der Waals surface area contributed by atoms with Crippen LogP contribution in [0.25, 0.3) is 0 Å². The molecule has 0 saturated heterocycles. The predicted molar refractivity (Wildman–Crippen MR) is 74.6 cm³/mol. The first-order chi connectivity index (χ1) is 9.08. The lowest BCUT2D eigenvalue weighted by molar-refractivity contribution is -0.124. The molecule has 2 aromatic rings. The number of hydrogen-bond donors (Lipinski definition) is 1. The van der Waals surface area contributed by atoms with Crippen LogP contribution in [0.4, 0.5) is 5.95 Å². The highest BCUT2D eigenvalue weighted by Gasteiger charge is 2.28. The highest BCUT2D eigenvalue weighted by molar-refractivity contribution is 5.93. The van der Waals surface area contributed by atoms with Crippen LogP contribution in [0, 0.1) is 5.41 Å². The van der Waals surface area contributed by atoms with E-state index in [0.717, 1.165) is 5.56 Å². The number of anilines is 1. The Hall–Kier alpha value is -2.23. The summed E-state index contributed by atoms with van der Waals surface area (Å²) in [7, 11) is 0. The first kappa shape index (κ1) is 13.2. The molecule has 1 aromatic carbocycles. The molecule has 0 aliphatic heterocycles. The van der Waals surface area contributed by atoms with Gasteiger partial charge in [-0.15, -0.1) is 0 Å². The zero-order chi connectivity index (χ0) is 13.7. The molecule has 4 heteroatoms. The molecule has 0 spiro atoms. The van der Waals surface area contributed by atoms with E-state index in [2.05, 4.69) is 15.3 Å². The van der Waals surface area contributed by atoms with E-state index in [9.17, 15) is 4.79 Å². The molecule has 1 amide bonds. The van der Waals surface area contributed by atoms with Crippen molar-refractivity contribution < 1.29 is 4.79 Å². The first-order valence-corrected chi connectivity index (χ1v) is 6.20. The van der Waals surface area contributed by atoms with Crippen LogP contribution in [0.3, 0.4) is 0 Å². The summed E-state index contributed by atoms with van der Waals surface area (Å²) in [5.41, 5.74) is 0.622. The van der Waals surface area contributed by atoms with Crippen LogP contribution in [0.5, 0.6) is 0 Å². The van der Waals surface area contributed by atoms with Crippen LogP contribution >= 0.6 is 0 Å². The minimum Gasteiger partial charge on any atom is -0.294 e. The SMILES string of the molecule is CC(C)(Cc1ccccc1)C(=O)Nc1ncccn1. The van der Waals surface area contributed by atoms with Gasteiger partial charge in [0.1, 0.15) is 0 Å². The molecule has 0 atom stereocenters. The van der Waals surface area contributed by atoms with Crippen LogP contribution in [0.15, 0.2) is 48.8 Å². The quantitative estimate of drug-likeness (QED) is 0.913. The molecule has 1 aromatic heterocycles. The largest absolute Gasteiger partial charge is 0.294 e. The molecule has 98 valence electrons. The lowest BCUT2D eigenvalue weighted by Gasteiger charge is -2.23. The summed E-state index contributed by atoms with van der Waals surface area (Å²) >= 11 is 0. The molecule has 4 nitrogen and oxygen atoms in total. The van der Waals surface area contributed by atoms with Gasteiger partial charge in [0, 0.05) is 17.8 Å². The van der Waals surface area contributed by atoms with Gasteiger partial charge < -0.3 is 0 Å². The number of aromatic nitrogens is 2. The predicted octanol–water partition coefficient (Wildman–Crippen LogP) is 2.68. The third kappa shape index (κ3) is 3.61. The van der Waals surface area contributed by atoms with Gasteiger partial charge in [-0.25, -0.2) is 9.97 Å². The lowest BCUT2D eigenvalue weighted by atomic mass is 9.85. The Labute approximate surface area is 112 Å². The normalized spacial score (nSPS) is 11.1. The van der Waals surface area contributed by atoms with Gasteiger partial charge in [0.05, 0.1) is 0 Å². The van der Waals surface area contributed by atoms with E-state index in [-0.39, 0.29) is 5.91 Å². The van der Waals surface area contributed by atoms with Crippen molar-refractivity contribution in [2.45, 2.75) is 20.3 Å². The summed E-state index contributed by atoms with van der Waals surface area (Å²) in [4.78, 5) is 20.2. The van der Waals surface area contributed by atoms with Crippen LogP contribution in [0.1, 0.15) is 19.4 Å². The zero-order valence-corrected chi connectivity index (χ0v) is 11.1. The number of carbonyl (C=O) groups is 1. The van der Waals surface area contributed by atoms with Crippen LogP contribution in [0.2, 0.25) is 0 Å². The molecule has 0 radical (unpaired) electrons. The number of rotatable bonds is 4. The summed E-state index contributed by atoms with van der Waals surface area (Å²) in [6, 6.07) is 11.7. The third-order valence-corrected chi connectivity index (χ3v) is 2.89. The maximum Gasteiger partial charge on any atom is 0.232 e. The van der Waals surface area contributed by atoms with E-state index in [0.29, 0.717) is 12.4 Å². The number of hydrogen-bond acceptors (Lipinski definition) is 3. The number of benzene rings is 1. The Morgan fingerprint density at radius 1 is 1.11 bits per heavy atom. The van der Waals surface area contributed by atoms with Gasteiger partial charge in [-0.1, -0.05) is 44.2 Å². The molecule has 0 fully saturated rings. The molecule has 0 bridgehead atoms. The summed E-state index contributed by atoms with van der Waals surface area (Å²) < 4.78 is 0. The van der Waals surface area contributed by atoms with E-state index in [1.165, 1.54) is 0 Å². The van der Waals surface area contributed by atoms with Crippen molar-refractivity contribution >= 4 is 11.9 Å². The highest BCUT2D eigenvalue weighted by atomic mass is 16.2. The Morgan fingerprint density at radius 2 is 1.74 bits per heavy atom. The van der Waals surface area contributed by atoms with Gasteiger partial charge in [-0.2, -0.15) is 0 Å². The number of nitrogens with one attached hydrogen (secondary N) is 1. The van der Waals surface area contributed by atoms with Gasteiger partial charge in [0.25, 0.3) is 0 Å². The fraction of sp³-hybridized carbons (Fsp3) is 0.267. The Balaban J connectivity index is 2.05. The minimum atomic E-state index is -0.513. The van der Waals surface area contributed by atoms with Crippen molar-refractivity contribution in [2.24, 2.45) is 5.41 Å². The van der Waals surface area contributed by atoms with E-state index >= 15 is 0 Å². The molecular formula is C15H17N3O. The van der Waals surface area contributed by atoms with Crippen LogP contribution < -0.4 is 5.32 Å². The molecule has 0 aliphatic rings. The monoisotopic (exact) mass is 255 g/mol. The van der Waals surface area contributed by atoms with Crippen molar-refractivity contribution in [3.8, 4) is 0 Å². The molecule has 1 N–H and O–H groups in total. The fourth-order valence-electron chi connectivity index (χ4n) is 1.82. The number of amides is 1. The standard InChI is InChI=1S/C15H17N3O/c1-15(2,11-12-7-4-3-5-8-12)13(19)18-14-16-9-6-10-17-14/h3-10H,11H2,1-2H3,(H,16,17,18,19). The molecule has 1 heterocycles. The second-order valence-electron chi connectivity index (χ2n) is 5.07. The molecule has 0 aliphatic carbocycles. The molecular weight excluding hydrogens is 238 g/mol. The Bertz CT molecular complexity index is 538. The average molecular weight is 255 g/mol. The van der Waals surface area contributed by atoms with Crippen LogP contribution in [-0.2, 0) is 11.2 Å². The van der Waals surface area contributed by atoms with E-state index < -0.39 is 5.41 Å². The fourth-order valence-corrected chi connectivity index (χ4v) is 1.82. The van der Waals surface area contributed by atoms with Gasteiger partial charge in [-0.3, -0.25) is 10.1 Å². The van der Waals surface area contributed by atoms with E-state index in [4.69, 9.17) is 0 Å². The number of nitrogens with zero attached hydrogens (tertiary/aromatic N) is 2. The maximum absolute atomic E-state index is 12.2. The minimum absolute atomic E-state index is 0.0810. The maximum atomic E-state index is 12.2. The summed E-state index contributed by atoms with van der Waals surface area (Å²) in [6.07, 6.45) is 3.88. The zero-order valence-electron chi connectivity index (χ0n) is 11.1. The van der Waals surface area contributed by atoms with Crippen molar-refractivity contribution in [3.05, 3.63) is 54.4 Å². The first-order valence-electron chi connectivity index (χ1n) is 6.20. The lowest BCUT2D eigenvalue weighted by Crippen LogP contribution is -2.33. The average Bonchev–Trinajstić information content (AvgIpc) is 2.40.